The molecule has 15 heavy (non-hydrogen) atoms. The van der Waals surface area contributed by atoms with Crippen LogP contribution in [-0.2, 0) is 0 Å². The van der Waals surface area contributed by atoms with E-state index in [0.717, 1.165) is 29.7 Å². The predicted molar refractivity (Wildman–Crippen MR) is 60.8 cm³/mol. The Kier molecular flexibility index (Phi) is 2.78. The van der Waals surface area contributed by atoms with Crippen molar-refractivity contribution in [2.75, 3.05) is 7.11 Å². The van der Waals surface area contributed by atoms with Gasteiger partial charge >= 0.3 is 0 Å². The highest BCUT2D eigenvalue weighted by Crippen LogP contribution is 2.34. The Labute approximate surface area is 90.2 Å². The minimum Gasteiger partial charge on any atom is -0.497 e. The maximum absolute atomic E-state index is 9.85. The van der Waals surface area contributed by atoms with Crippen LogP contribution in [0.5, 0.6) is 5.75 Å². The lowest BCUT2D eigenvalue weighted by atomic mass is 10.0. The number of methoxy groups -OCH3 is 1. The number of benzene rings is 1. The van der Waals surface area contributed by atoms with Crippen molar-refractivity contribution in [3.8, 4) is 5.75 Å². The fraction of sp³-hybridized carbons (Fsp3) is 0.385. The summed E-state index contributed by atoms with van der Waals surface area (Å²) >= 11 is 0. The average molecular weight is 204 g/mol. The van der Waals surface area contributed by atoms with Crippen LogP contribution in [0, 0.1) is 0 Å². The van der Waals surface area contributed by atoms with Crippen molar-refractivity contribution in [2.24, 2.45) is 0 Å². The van der Waals surface area contributed by atoms with Crippen molar-refractivity contribution >= 4 is 5.57 Å². The second-order valence-corrected chi connectivity index (χ2v) is 3.98. The van der Waals surface area contributed by atoms with Crippen LogP contribution in [-0.4, -0.2) is 18.3 Å². The quantitative estimate of drug-likeness (QED) is 0.802. The molecule has 0 unspecified atom stereocenters. The van der Waals surface area contributed by atoms with Crippen LogP contribution in [0.3, 0.4) is 0 Å². The molecule has 1 aliphatic carbocycles. The van der Waals surface area contributed by atoms with Crippen LogP contribution in [0.25, 0.3) is 5.57 Å². The van der Waals surface area contributed by atoms with Gasteiger partial charge in [-0.2, -0.15) is 0 Å². The molecule has 1 aromatic carbocycles. The Bertz CT molecular complexity index is 376. The second kappa shape index (κ2) is 4.07. The molecule has 0 aliphatic heterocycles. The van der Waals surface area contributed by atoms with Gasteiger partial charge in [0.05, 0.1) is 13.2 Å². The van der Waals surface area contributed by atoms with Gasteiger partial charge in [0, 0.05) is 0 Å². The summed E-state index contributed by atoms with van der Waals surface area (Å²) < 4.78 is 5.11. The lowest BCUT2D eigenvalue weighted by Crippen LogP contribution is -2.03. The highest BCUT2D eigenvalue weighted by molar-refractivity contribution is 5.73. The van der Waals surface area contributed by atoms with Crippen LogP contribution in [0.2, 0.25) is 0 Å². The molecule has 0 amide bonds. The van der Waals surface area contributed by atoms with Crippen molar-refractivity contribution in [3.63, 3.8) is 0 Å². The molecule has 2 nitrogen and oxygen atoms in total. The molecule has 0 heterocycles. The molecule has 1 N–H and O–H groups in total. The second-order valence-electron chi connectivity index (χ2n) is 3.98. The van der Waals surface area contributed by atoms with Gasteiger partial charge in [-0.15, -0.1) is 0 Å². The molecule has 0 radical (unpaired) electrons. The third-order valence-corrected chi connectivity index (χ3v) is 2.99. The third kappa shape index (κ3) is 1.90. The number of ether oxygens (including phenoxy) is 1. The summed E-state index contributed by atoms with van der Waals surface area (Å²) in [6.07, 6.45) is 1.56. The summed E-state index contributed by atoms with van der Waals surface area (Å²) in [4.78, 5) is 0. The van der Waals surface area contributed by atoms with Gasteiger partial charge in [0.15, 0.2) is 0 Å². The van der Waals surface area contributed by atoms with Crippen LogP contribution < -0.4 is 4.74 Å². The van der Waals surface area contributed by atoms with Crippen molar-refractivity contribution in [1.29, 1.82) is 0 Å². The molecule has 2 heteroatoms. The molecule has 1 atom stereocenters. The fourth-order valence-corrected chi connectivity index (χ4v) is 2.13. The molecule has 1 aliphatic rings. The molecule has 80 valence electrons. The topological polar surface area (TPSA) is 29.5 Å². The van der Waals surface area contributed by atoms with E-state index < -0.39 is 0 Å². The minimum atomic E-state index is -0.293. The summed E-state index contributed by atoms with van der Waals surface area (Å²) in [6, 6.07) is 7.87. The monoisotopic (exact) mass is 204 g/mol. The Hall–Kier alpha value is -1.28. The van der Waals surface area contributed by atoms with Crippen molar-refractivity contribution in [2.45, 2.75) is 25.9 Å². The number of hydrogen-bond donors (Lipinski definition) is 1. The van der Waals surface area contributed by atoms with Crippen molar-refractivity contribution < 1.29 is 9.84 Å². The molecular formula is C13H16O2. The van der Waals surface area contributed by atoms with Gasteiger partial charge in [0.25, 0.3) is 0 Å². The van der Waals surface area contributed by atoms with Gasteiger partial charge in [0.1, 0.15) is 5.75 Å². The lowest BCUT2D eigenvalue weighted by molar-refractivity contribution is 0.231. The van der Waals surface area contributed by atoms with Crippen LogP contribution >= 0.6 is 0 Å². The Morgan fingerprint density at radius 3 is 2.40 bits per heavy atom. The first-order chi connectivity index (χ1) is 7.22. The zero-order valence-electron chi connectivity index (χ0n) is 9.16. The van der Waals surface area contributed by atoms with Crippen molar-refractivity contribution in [3.05, 3.63) is 35.4 Å². The van der Waals surface area contributed by atoms with Crippen LogP contribution in [0.15, 0.2) is 29.8 Å². The number of hydrogen-bond acceptors (Lipinski definition) is 2. The summed E-state index contributed by atoms with van der Waals surface area (Å²) in [5, 5.41) is 9.85. The standard InChI is InChI=1S/C13H16O2/c1-9-3-8-12(14)13(9)10-4-6-11(15-2)7-5-10/h4-7,12,14H,3,8H2,1-2H3/t12-/m1/s1. The summed E-state index contributed by atoms with van der Waals surface area (Å²) in [5.41, 5.74) is 3.50. The Morgan fingerprint density at radius 1 is 1.27 bits per heavy atom. The summed E-state index contributed by atoms with van der Waals surface area (Å²) in [7, 11) is 1.66. The van der Waals surface area contributed by atoms with E-state index in [4.69, 9.17) is 4.74 Å². The minimum absolute atomic E-state index is 0.293. The van der Waals surface area contributed by atoms with E-state index in [9.17, 15) is 5.11 Å². The molecule has 0 fully saturated rings. The van der Waals surface area contributed by atoms with Gasteiger partial charge < -0.3 is 9.84 Å². The van der Waals surface area contributed by atoms with E-state index in [0.29, 0.717) is 0 Å². The van der Waals surface area contributed by atoms with E-state index in [1.165, 1.54) is 5.57 Å². The molecule has 0 spiro atoms. The Balaban J connectivity index is 2.33. The third-order valence-electron chi connectivity index (χ3n) is 2.99. The van der Waals surface area contributed by atoms with Gasteiger partial charge in [-0.3, -0.25) is 0 Å². The predicted octanol–water partition coefficient (Wildman–Crippen LogP) is 2.62. The summed E-state index contributed by atoms with van der Waals surface area (Å²) in [5.74, 6) is 0.851. The van der Waals surface area contributed by atoms with Gasteiger partial charge in [0.2, 0.25) is 0 Å². The zero-order valence-corrected chi connectivity index (χ0v) is 9.16. The first kappa shape index (κ1) is 10.2. The van der Waals surface area contributed by atoms with Gasteiger partial charge in [-0.1, -0.05) is 17.7 Å². The molecule has 0 aromatic heterocycles. The Morgan fingerprint density at radius 2 is 1.93 bits per heavy atom. The first-order valence-electron chi connectivity index (χ1n) is 5.24. The van der Waals surface area contributed by atoms with Gasteiger partial charge in [-0.25, -0.2) is 0 Å². The molecule has 2 rings (SSSR count). The molecule has 1 aromatic rings. The van der Waals surface area contributed by atoms with Gasteiger partial charge in [-0.05, 0) is 43.0 Å². The largest absolute Gasteiger partial charge is 0.497 e. The summed E-state index contributed by atoms with van der Waals surface area (Å²) in [6.45, 7) is 2.09. The number of aliphatic hydroxyl groups is 1. The smallest absolute Gasteiger partial charge is 0.118 e. The maximum atomic E-state index is 9.85. The molecule has 0 saturated heterocycles. The number of allylic oxidation sites excluding steroid dienone is 1. The van der Waals surface area contributed by atoms with E-state index >= 15 is 0 Å². The maximum Gasteiger partial charge on any atom is 0.118 e. The molecular weight excluding hydrogens is 188 g/mol. The fourth-order valence-electron chi connectivity index (χ4n) is 2.13. The van der Waals surface area contributed by atoms with E-state index in [-0.39, 0.29) is 6.10 Å². The van der Waals surface area contributed by atoms with Crippen LogP contribution in [0.4, 0.5) is 0 Å². The average Bonchev–Trinajstić information content (AvgIpc) is 2.59. The zero-order chi connectivity index (χ0) is 10.8. The van der Waals surface area contributed by atoms with E-state index in [1.54, 1.807) is 7.11 Å². The van der Waals surface area contributed by atoms with Crippen molar-refractivity contribution in [1.82, 2.24) is 0 Å². The first-order valence-corrected chi connectivity index (χ1v) is 5.24. The van der Waals surface area contributed by atoms with E-state index in [2.05, 4.69) is 6.92 Å². The molecule has 0 bridgehead atoms. The van der Waals surface area contributed by atoms with Crippen LogP contribution in [0.1, 0.15) is 25.3 Å². The highest BCUT2D eigenvalue weighted by atomic mass is 16.5. The van der Waals surface area contributed by atoms with E-state index in [1.807, 2.05) is 24.3 Å². The number of rotatable bonds is 2. The highest BCUT2D eigenvalue weighted by Gasteiger charge is 2.21. The lowest BCUT2D eigenvalue weighted by Gasteiger charge is -2.10. The normalized spacial score (nSPS) is 20.9. The molecule has 0 saturated carbocycles. The SMILES string of the molecule is COc1ccc(C2=C(C)CC[C@H]2O)cc1. The number of aliphatic hydroxyl groups excluding tert-OH is 1.